The first kappa shape index (κ1) is 26.5. The number of rotatable bonds is 5. The number of ether oxygens (including phenoxy) is 2. The van der Waals surface area contributed by atoms with Crippen LogP contribution in [0.15, 0.2) is 12.3 Å². The van der Waals surface area contributed by atoms with Crippen molar-refractivity contribution in [3.8, 4) is 5.88 Å². The quantitative estimate of drug-likeness (QED) is 0.494. The van der Waals surface area contributed by atoms with Crippen LogP contribution in [0.1, 0.15) is 65.0 Å². The third kappa shape index (κ3) is 6.40. The van der Waals surface area contributed by atoms with Crippen LogP contribution >= 0.6 is 0 Å². The summed E-state index contributed by atoms with van der Waals surface area (Å²) in [5.74, 6) is -3.80. The van der Waals surface area contributed by atoms with Crippen LogP contribution in [0.4, 0.5) is 13.6 Å². The lowest BCUT2D eigenvalue weighted by Gasteiger charge is -2.39. The molecule has 0 radical (unpaired) electrons. The van der Waals surface area contributed by atoms with Crippen LogP contribution in [0.5, 0.6) is 5.88 Å². The standard InChI is InChI=1S/C23H38F2N2O4Si/c1-21(2,3)31-20(28)27-11-10-23(24,25)18(14-27)16-12-17(19(29-7)26-13-16)15-30-32(8,9)22(4,5)6/h12-13,18H,10-11,14-15H2,1-9H3/t18-/m1/s1. The van der Waals surface area contributed by atoms with Crippen molar-refractivity contribution in [2.24, 2.45) is 0 Å². The summed E-state index contributed by atoms with van der Waals surface area (Å²) in [6.07, 6.45) is 0.394. The van der Waals surface area contributed by atoms with Crippen molar-refractivity contribution in [2.75, 3.05) is 20.2 Å². The van der Waals surface area contributed by atoms with E-state index in [9.17, 15) is 13.6 Å². The summed E-state index contributed by atoms with van der Waals surface area (Å²) < 4.78 is 46.8. The lowest BCUT2D eigenvalue weighted by atomic mass is 9.87. The number of methoxy groups -OCH3 is 1. The van der Waals surface area contributed by atoms with Gasteiger partial charge in [0.25, 0.3) is 5.92 Å². The Morgan fingerprint density at radius 1 is 1.25 bits per heavy atom. The molecule has 1 fully saturated rings. The number of hydrogen-bond acceptors (Lipinski definition) is 5. The summed E-state index contributed by atoms with van der Waals surface area (Å²) in [7, 11) is -0.561. The highest BCUT2D eigenvalue weighted by Crippen LogP contribution is 2.42. The molecule has 182 valence electrons. The maximum Gasteiger partial charge on any atom is 0.410 e. The van der Waals surface area contributed by atoms with Crippen LogP contribution in [-0.2, 0) is 15.8 Å². The molecule has 9 heteroatoms. The van der Waals surface area contributed by atoms with Crippen LogP contribution in [-0.4, -0.2) is 56.0 Å². The number of nitrogens with zero attached hydrogens (tertiary/aromatic N) is 2. The summed E-state index contributed by atoms with van der Waals surface area (Å²) in [5.41, 5.74) is 0.292. The van der Waals surface area contributed by atoms with Gasteiger partial charge in [0, 0.05) is 31.3 Å². The van der Waals surface area contributed by atoms with E-state index in [0.29, 0.717) is 17.0 Å². The molecule has 1 atom stereocenters. The second-order valence-corrected chi connectivity index (χ2v) is 15.8. The number of likely N-dealkylation sites (tertiary alicyclic amines) is 1. The zero-order chi connectivity index (χ0) is 24.5. The van der Waals surface area contributed by atoms with Gasteiger partial charge in [-0.15, -0.1) is 0 Å². The van der Waals surface area contributed by atoms with E-state index in [1.165, 1.54) is 18.2 Å². The van der Waals surface area contributed by atoms with Gasteiger partial charge in [0.05, 0.1) is 19.6 Å². The van der Waals surface area contributed by atoms with Gasteiger partial charge < -0.3 is 18.8 Å². The molecule has 1 aromatic rings. The van der Waals surface area contributed by atoms with Crippen molar-refractivity contribution in [1.82, 2.24) is 9.88 Å². The Balaban J connectivity index is 2.30. The Morgan fingerprint density at radius 2 is 1.88 bits per heavy atom. The van der Waals surface area contributed by atoms with E-state index in [1.54, 1.807) is 26.8 Å². The normalized spacial score (nSPS) is 19.6. The number of carbonyl (C=O) groups is 1. The Morgan fingerprint density at radius 3 is 2.41 bits per heavy atom. The van der Waals surface area contributed by atoms with Gasteiger partial charge in [0.1, 0.15) is 5.60 Å². The van der Waals surface area contributed by atoms with Gasteiger partial charge in [-0.1, -0.05) is 20.8 Å². The predicted octanol–water partition coefficient (Wildman–Crippen LogP) is 5.97. The number of piperidine rings is 1. The highest BCUT2D eigenvalue weighted by molar-refractivity contribution is 6.74. The van der Waals surface area contributed by atoms with Crippen molar-refractivity contribution in [3.05, 3.63) is 23.4 Å². The summed E-state index contributed by atoms with van der Waals surface area (Å²) >= 11 is 0. The summed E-state index contributed by atoms with van der Waals surface area (Å²) in [4.78, 5) is 18.1. The van der Waals surface area contributed by atoms with Gasteiger partial charge in [-0.3, -0.25) is 0 Å². The second kappa shape index (κ2) is 9.25. The van der Waals surface area contributed by atoms with Crippen molar-refractivity contribution in [1.29, 1.82) is 0 Å². The number of hydrogen-bond donors (Lipinski definition) is 0. The third-order valence-electron chi connectivity index (χ3n) is 6.22. The molecule has 32 heavy (non-hydrogen) atoms. The van der Waals surface area contributed by atoms with Gasteiger partial charge in [-0.25, -0.2) is 18.6 Å². The number of pyridine rings is 1. The van der Waals surface area contributed by atoms with Gasteiger partial charge in [-0.2, -0.15) is 0 Å². The first-order chi connectivity index (χ1) is 14.5. The van der Waals surface area contributed by atoms with Crippen LogP contribution in [0.25, 0.3) is 0 Å². The smallest absolute Gasteiger partial charge is 0.410 e. The largest absolute Gasteiger partial charge is 0.481 e. The number of amides is 1. The first-order valence-electron chi connectivity index (χ1n) is 11.0. The monoisotopic (exact) mass is 472 g/mol. The second-order valence-electron chi connectivity index (χ2n) is 11.0. The molecule has 0 aliphatic carbocycles. The van der Waals surface area contributed by atoms with Crippen molar-refractivity contribution >= 4 is 14.4 Å². The number of aromatic nitrogens is 1. The SMILES string of the molecule is COc1ncc([C@H]2CN(C(=O)OC(C)(C)C)CCC2(F)F)cc1CO[Si](C)(C)C(C)(C)C. The zero-order valence-corrected chi connectivity index (χ0v) is 21.8. The summed E-state index contributed by atoms with van der Waals surface area (Å²) in [5, 5.41) is 0.00952. The average Bonchev–Trinajstić information content (AvgIpc) is 2.63. The minimum Gasteiger partial charge on any atom is -0.481 e. The molecule has 2 heterocycles. The van der Waals surface area contributed by atoms with E-state index in [2.05, 4.69) is 38.8 Å². The molecule has 1 saturated heterocycles. The minimum atomic E-state index is -2.97. The fourth-order valence-electron chi connectivity index (χ4n) is 3.21. The van der Waals surface area contributed by atoms with E-state index in [1.807, 2.05) is 0 Å². The minimum absolute atomic E-state index is 0.00952. The fraction of sp³-hybridized carbons (Fsp3) is 0.739. The maximum atomic E-state index is 14.9. The van der Waals surface area contributed by atoms with E-state index < -0.39 is 38.3 Å². The van der Waals surface area contributed by atoms with Crippen LogP contribution < -0.4 is 4.74 Å². The van der Waals surface area contributed by atoms with E-state index in [-0.39, 0.29) is 24.7 Å². The Labute approximate surface area is 191 Å². The first-order valence-corrected chi connectivity index (χ1v) is 13.9. The molecule has 1 aliphatic heterocycles. The van der Waals surface area contributed by atoms with E-state index >= 15 is 0 Å². The Kier molecular flexibility index (Phi) is 7.66. The highest BCUT2D eigenvalue weighted by atomic mass is 28.4. The Bertz CT molecular complexity index is 819. The third-order valence-corrected chi connectivity index (χ3v) is 10.7. The maximum absolute atomic E-state index is 14.9. The van der Waals surface area contributed by atoms with Crippen molar-refractivity contribution in [2.45, 2.75) is 90.1 Å². The van der Waals surface area contributed by atoms with Crippen molar-refractivity contribution < 1.29 is 27.5 Å². The van der Waals surface area contributed by atoms with E-state index in [4.69, 9.17) is 13.9 Å². The molecular weight excluding hydrogens is 434 g/mol. The Hall–Kier alpha value is -1.74. The topological polar surface area (TPSA) is 60.9 Å². The lowest BCUT2D eigenvalue weighted by Crippen LogP contribution is -2.49. The molecule has 0 N–H and O–H groups in total. The number of carbonyl (C=O) groups excluding carboxylic acids is 1. The average molecular weight is 473 g/mol. The molecule has 0 bridgehead atoms. The zero-order valence-electron chi connectivity index (χ0n) is 20.8. The van der Waals surface area contributed by atoms with Gasteiger partial charge in [0.15, 0.2) is 8.32 Å². The molecule has 1 aromatic heterocycles. The van der Waals surface area contributed by atoms with Crippen LogP contribution in [0.2, 0.25) is 18.1 Å². The van der Waals surface area contributed by atoms with E-state index in [0.717, 1.165) is 0 Å². The summed E-state index contributed by atoms with van der Waals surface area (Å²) in [6, 6.07) is 1.68. The molecule has 0 aromatic carbocycles. The molecule has 1 amide bonds. The molecule has 0 unspecified atom stereocenters. The molecular formula is C23H38F2N2O4Si. The number of halogens is 2. The van der Waals surface area contributed by atoms with Crippen LogP contribution in [0.3, 0.4) is 0 Å². The lowest BCUT2D eigenvalue weighted by molar-refractivity contribution is -0.0772. The summed E-state index contributed by atoms with van der Waals surface area (Å²) in [6.45, 7) is 16.0. The fourth-order valence-corrected chi connectivity index (χ4v) is 4.16. The predicted molar refractivity (Wildman–Crippen MR) is 123 cm³/mol. The van der Waals surface area contributed by atoms with Gasteiger partial charge in [-0.05, 0) is 50.5 Å². The van der Waals surface area contributed by atoms with Gasteiger partial charge >= 0.3 is 6.09 Å². The highest BCUT2D eigenvalue weighted by Gasteiger charge is 2.47. The molecule has 1 aliphatic rings. The van der Waals surface area contributed by atoms with Crippen LogP contribution in [0, 0.1) is 0 Å². The van der Waals surface area contributed by atoms with Crippen molar-refractivity contribution in [3.63, 3.8) is 0 Å². The molecule has 0 spiro atoms. The molecule has 6 nitrogen and oxygen atoms in total. The number of alkyl halides is 2. The molecule has 0 saturated carbocycles. The van der Waals surface area contributed by atoms with Gasteiger partial charge in [0.2, 0.25) is 5.88 Å². The molecule has 2 rings (SSSR count).